The van der Waals surface area contributed by atoms with Crippen molar-refractivity contribution in [3.8, 4) is 11.8 Å². The molecule has 1 aromatic carbocycles. The van der Waals surface area contributed by atoms with Crippen molar-refractivity contribution < 1.29 is 9.84 Å². The lowest BCUT2D eigenvalue weighted by Crippen LogP contribution is -2.31. The Bertz CT molecular complexity index is 382. The van der Waals surface area contributed by atoms with E-state index in [0.29, 0.717) is 24.5 Å². The molecule has 0 atom stereocenters. The molecule has 1 N–H and O–H groups in total. The van der Waals surface area contributed by atoms with Crippen LogP contribution in [-0.4, -0.2) is 42.9 Å². The van der Waals surface area contributed by atoms with Crippen LogP contribution in [0.5, 0.6) is 5.75 Å². The summed E-state index contributed by atoms with van der Waals surface area (Å²) in [6, 6.07) is 9.32. The SMILES string of the molecule is CCCN(CCO)CCOc1ccccc1C#N. The number of ether oxygens (including phenoxy) is 1. The highest BCUT2D eigenvalue weighted by Gasteiger charge is 2.05. The normalized spacial score (nSPS) is 10.3. The van der Waals surface area contributed by atoms with Crippen molar-refractivity contribution in [1.29, 1.82) is 5.26 Å². The first-order chi connectivity index (χ1) is 8.81. The summed E-state index contributed by atoms with van der Waals surface area (Å²) in [6.07, 6.45) is 1.05. The fourth-order valence-corrected chi connectivity index (χ4v) is 1.76. The maximum absolute atomic E-state index is 8.94. The maximum atomic E-state index is 8.94. The molecule has 0 fully saturated rings. The zero-order chi connectivity index (χ0) is 13.2. The van der Waals surface area contributed by atoms with Crippen LogP contribution >= 0.6 is 0 Å². The minimum atomic E-state index is 0.161. The summed E-state index contributed by atoms with van der Waals surface area (Å²) in [5, 5.41) is 17.9. The number of nitrogens with zero attached hydrogens (tertiary/aromatic N) is 2. The van der Waals surface area contributed by atoms with Crippen LogP contribution in [0.15, 0.2) is 24.3 Å². The molecular formula is C14H20N2O2. The van der Waals surface area contributed by atoms with E-state index in [1.807, 2.05) is 12.1 Å². The second-order valence-corrected chi connectivity index (χ2v) is 4.02. The summed E-state index contributed by atoms with van der Waals surface area (Å²) in [7, 11) is 0. The second kappa shape index (κ2) is 8.51. The standard InChI is InChI=1S/C14H20N2O2/c1-2-7-16(8-10-17)9-11-18-14-6-4-3-5-13(14)12-15/h3-6,17H,2,7-11H2,1H3. The molecule has 98 valence electrons. The summed E-state index contributed by atoms with van der Waals surface area (Å²) < 4.78 is 5.61. The summed E-state index contributed by atoms with van der Waals surface area (Å²) in [5.74, 6) is 0.625. The van der Waals surface area contributed by atoms with Gasteiger partial charge in [-0.3, -0.25) is 4.90 Å². The third-order valence-corrected chi connectivity index (χ3v) is 2.63. The number of aliphatic hydroxyl groups excluding tert-OH is 1. The first-order valence-corrected chi connectivity index (χ1v) is 6.27. The van der Waals surface area contributed by atoms with Crippen molar-refractivity contribution in [2.75, 3.05) is 32.8 Å². The molecule has 18 heavy (non-hydrogen) atoms. The van der Waals surface area contributed by atoms with Gasteiger partial charge in [0.15, 0.2) is 0 Å². The molecule has 0 aliphatic heterocycles. The third-order valence-electron chi connectivity index (χ3n) is 2.63. The minimum absolute atomic E-state index is 0.161. The number of nitriles is 1. The Hall–Kier alpha value is -1.57. The van der Waals surface area contributed by atoms with Gasteiger partial charge in [0.25, 0.3) is 0 Å². The first-order valence-electron chi connectivity index (χ1n) is 6.27. The van der Waals surface area contributed by atoms with E-state index >= 15 is 0 Å². The molecule has 0 amide bonds. The van der Waals surface area contributed by atoms with Crippen LogP contribution in [0.4, 0.5) is 0 Å². The molecule has 0 unspecified atom stereocenters. The molecule has 0 heterocycles. The van der Waals surface area contributed by atoms with Crippen LogP contribution in [0.25, 0.3) is 0 Å². The van der Waals surface area contributed by atoms with Crippen molar-refractivity contribution in [2.24, 2.45) is 0 Å². The van der Waals surface area contributed by atoms with E-state index in [9.17, 15) is 0 Å². The summed E-state index contributed by atoms with van der Waals surface area (Å²) in [5.41, 5.74) is 0.557. The van der Waals surface area contributed by atoms with Gasteiger partial charge in [-0.2, -0.15) is 5.26 Å². The Labute approximate surface area is 108 Å². The van der Waals surface area contributed by atoms with Crippen LogP contribution in [-0.2, 0) is 0 Å². The summed E-state index contributed by atoms with van der Waals surface area (Å²) in [4.78, 5) is 2.15. The van der Waals surface area contributed by atoms with E-state index < -0.39 is 0 Å². The van der Waals surface area contributed by atoms with Crippen molar-refractivity contribution in [1.82, 2.24) is 4.90 Å². The van der Waals surface area contributed by atoms with Gasteiger partial charge in [0.05, 0.1) is 12.2 Å². The van der Waals surface area contributed by atoms with Crippen molar-refractivity contribution >= 4 is 0 Å². The third kappa shape index (κ3) is 4.74. The quantitative estimate of drug-likeness (QED) is 0.760. The minimum Gasteiger partial charge on any atom is -0.491 e. The van der Waals surface area contributed by atoms with Gasteiger partial charge in [0, 0.05) is 13.1 Å². The van der Waals surface area contributed by atoms with E-state index in [1.54, 1.807) is 12.1 Å². The fraction of sp³-hybridized carbons (Fsp3) is 0.500. The van der Waals surface area contributed by atoms with E-state index in [2.05, 4.69) is 17.9 Å². The molecule has 0 spiro atoms. The molecule has 0 bridgehead atoms. The van der Waals surface area contributed by atoms with Crippen LogP contribution in [0, 0.1) is 11.3 Å². The van der Waals surface area contributed by atoms with Crippen molar-refractivity contribution in [3.63, 3.8) is 0 Å². The monoisotopic (exact) mass is 248 g/mol. The lowest BCUT2D eigenvalue weighted by molar-refractivity contribution is 0.168. The molecular weight excluding hydrogens is 228 g/mol. The fourth-order valence-electron chi connectivity index (χ4n) is 1.76. The predicted octanol–water partition coefficient (Wildman–Crippen LogP) is 1.64. The van der Waals surface area contributed by atoms with Crippen molar-refractivity contribution in [2.45, 2.75) is 13.3 Å². The number of hydrogen-bond donors (Lipinski definition) is 1. The van der Waals surface area contributed by atoms with Gasteiger partial charge >= 0.3 is 0 Å². The molecule has 1 aromatic rings. The molecule has 0 aliphatic rings. The Morgan fingerprint density at radius 1 is 1.28 bits per heavy atom. The van der Waals surface area contributed by atoms with Gasteiger partial charge < -0.3 is 9.84 Å². The first kappa shape index (κ1) is 14.5. The Kier molecular flexibility index (Phi) is 6.85. The van der Waals surface area contributed by atoms with E-state index in [4.69, 9.17) is 15.1 Å². The lowest BCUT2D eigenvalue weighted by atomic mass is 10.2. The molecule has 0 saturated heterocycles. The highest BCUT2D eigenvalue weighted by Crippen LogP contribution is 2.16. The number of aliphatic hydroxyl groups is 1. The zero-order valence-corrected chi connectivity index (χ0v) is 10.8. The molecule has 0 aliphatic carbocycles. The maximum Gasteiger partial charge on any atom is 0.137 e. The van der Waals surface area contributed by atoms with E-state index in [1.165, 1.54) is 0 Å². The van der Waals surface area contributed by atoms with Gasteiger partial charge in [-0.1, -0.05) is 19.1 Å². The van der Waals surface area contributed by atoms with Crippen LogP contribution < -0.4 is 4.74 Å². The van der Waals surface area contributed by atoms with Crippen LogP contribution in [0.2, 0.25) is 0 Å². The Balaban J connectivity index is 2.42. The number of hydrogen-bond acceptors (Lipinski definition) is 4. The highest BCUT2D eigenvalue weighted by molar-refractivity contribution is 5.42. The van der Waals surface area contributed by atoms with E-state index in [0.717, 1.165) is 19.5 Å². The van der Waals surface area contributed by atoms with Gasteiger partial charge in [-0.25, -0.2) is 0 Å². The van der Waals surface area contributed by atoms with Gasteiger partial charge in [-0.05, 0) is 25.1 Å². The smallest absolute Gasteiger partial charge is 0.137 e. The summed E-state index contributed by atoms with van der Waals surface area (Å²) >= 11 is 0. The van der Waals surface area contributed by atoms with Crippen LogP contribution in [0.1, 0.15) is 18.9 Å². The Morgan fingerprint density at radius 3 is 2.72 bits per heavy atom. The molecule has 0 aromatic heterocycles. The lowest BCUT2D eigenvalue weighted by Gasteiger charge is -2.20. The van der Waals surface area contributed by atoms with Crippen molar-refractivity contribution in [3.05, 3.63) is 29.8 Å². The summed E-state index contributed by atoms with van der Waals surface area (Å²) in [6.45, 7) is 5.17. The number of rotatable bonds is 8. The zero-order valence-electron chi connectivity index (χ0n) is 10.8. The number of benzene rings is 1. The topological polar surface area (TPSA) is 56.5 Å². The predicted molar refractivity (Wildman–Crippen MR) is 70.5 cm³/mol. The molecule has 0 saturated carbocycles. The van der Waals surface area contributed by atoms with Gasteiger partial charge in [0.1, 0.15) is 18.4 Å². The largest absolute Gasteiger partial charge is 0.491 e. The molecule has 1 rings (SSSR count). The average Bonchev–Trinajstić information content (AvgIpc) is 2.40. The molecule has 4 nitrogen and oxygen atoms in total. The van der Waals surface area contributed by atoms with Gasteiger partial charge in [-0.15, -0.1) is 0 Å². The highest BCUT2D eigenvalue weighted by atomic mass is 16.5. The Morgan fingerprint density at radius 2 is 2.06 bits per heavy atom. The van der Waals surface area contributed by atoms with Crippen LogP contribution in [0.3, 0.4) is 0 Å². The van der Waals surface area contributed by atoms with E-state index in [-0.39, 0.29) is 6.61 Å². The molecule has 4 heteroatoms. The van der Waals surface area contributed by atoms with Gasteiger partial charge in [0.2, 0.25) is 0 Å². The second-order valence-electron chi connectivity index (χ2n) is 4.02. The number of para-hydroxylation sites is 1. The molecule has 0 radical (unpaired) electrons. The average molecular weight is 248 g/mol.